The number of ether oxygens (including phenoxy) is 1. The Labute approximate surface area is 123 Å². The van der Waals surface area contributed by atoms with Crippen LogP contribution in [0.3, 0.4) is 0 Å². The summed E-state index contributed by atoms with van der Waals surface area (Å²) in [5.41, 5.74) is 1.99. The molecule has 1 heterocycles. The minimum Gasteiger partial charge on any atom is -0.497 e. The molecule has 0 aliphatic carbocycles. The number of hydrogen-bond acceptors (Lipinski definition) is 4. The van der Waals surface area contributed by atoms with Gasteiger partial charge >= 0.3 is 0 Å². The van der Waals surface area contributed by atoms with Gasteiger partial charge in [-0.3, -0.25) is 0 Å². The van der Waals surface area contributed by atoms with E-state index in [0.717, 1.165) is 26.9 Å². The van der Waals surface area contributed by atoms with Crippen molar-refractivity contribution in [1.82, 2.24) is 4.98 Å². The minimum atomic E-state index is -0.0558. The van der Waals surface area contributed by atoms with Crippen LogP contribution in [0.15, 0.2) is 24.3 Å². The Morgan fingerprint density at radius 3 is 2.70 bits per heavy atom. The average molecular weight is 286 g/mol. The quantitative estimate of drug-likeness (QED) is 0.850. The summed E-state index contributed by atoms with van der Waals surface area (Å²) in [5, 5.41) is 9.92. The van der Waals surface area contributed by atoms with Crippen molar-refractivity contribution in [1.29, 1.82) is 5.26 Å². The van der Waals surface area contributed by atoms with E-state index in [-0.39, 0.29) is 5.41 Å². The van der Waals surface area contributed by atoms with Crippen LogP contribution in [0, 0.1) is 11.3 Å². The first-order valence-electron chi connectivity index (χ1n) is 6.47. The fraction of sp³-hybridized carbons (Fsp3) is 0.375. The fourth-order valence-corrected chi connectivity index (χ4v) is 3.21. The van der Waals surface area contributed by atoms with Crippen LogP contribution in [0.2, 0.25) is 0 Å². The van der Waals surface area contributed by atoms with Crippen LogP contribution >= 0.6 is 11.3 Å². The van der Waals surface area contributed by atoms with Crippen LogP contribution in [0.4, 0.5) is 0 Å². The van der Waals surface area contributed by atoms with Crippen LogP contribution in [-0.2, 0) is 11.8 Å². The third-order valence-corrected chi connectivity index (χ3v) is 4.07. The zero-order chi connectivity index (χ0) is 14.8. The van der Waals surface area contributed by atoms with Gasteiger partial charge in [0, 0.05) is 15.9 Å². The summed E-state index contributed by atoms with van der Waals surface area (Å²) >= 11 is 1.59. The standard InChI is InChI=1S/C16H18N2OS/c1-16(2,3)14-13(8-9-17)20-15(18-14)11-6-5-7-12(10-11)19-4/h5-7,10H,8H2,1-4H3. The smallest absolute Gasteiger partial charge is 0.124 e. The molecule has 3 nitrogen and oxygen atoms in total. The second kappa shape index (κ2) is 5.64. The van der Waals surface area contributed by atoms with E-state index in [0.29, 0.717) is 6.42 Å². The van der Waals surface area contributed by atoms with E-state index in [9.17, 15) is 0 Å². The van der Waals surface area contributed by atoms with Gasteiger partial charge in [0.25, 0.3) is 0 Å². The highest BCUT2D eigenvalue weighted by Crippen LogP contribution is 2.35. The summed E-state index contributed by atoms with van der Waals surface area (Å²) < 4.78 is 5.25. The molecular weight excluding hydrogens is 268 g/mol. The summed E-state index contributed by atoms with van der Waals surface area (Å²) in [5.74, 6) is 0.817. The van der Waals surface area contributed by atoms with Crippen LogP contribution in [0.1, 0.15) is 31.3 Å². The molecule has 0 amide bonds. The summed E-state index contributed by atoms with van der Waals surface area (Å²) in [6.45, 7) is 6.37. The molecule has 104 valence electrons. The minimum absolute atomic E-state index is 0.0558. The molecule has 0 unspecified atom stereocenters. The highest BCUT2D eigenvalue weighted by molar-refractivity contribution is 7.15. The molecule has 0 bridgehead atoms. The Morgan fingerprint density at radius 2 is 2.10 bits per heavy atom. The van der Waals surface area contributed by atoms with E-state index in [2.05, 4.69) is 26.8 Å². The summed E-state index contributed by atoms with van der Waals surface area (Å²) in [6, 6.07) is 10.1. The van der Waals surface area contributed by atoms with Gasteiger partial charge in [0.05, 0.1) is 25.3 Å². The number of nitriles is 1. The first-order valence-corrected chi connectivity index (χ1v) is 7.29. The second-order valence-electron chi connectivity index (χ2n) is 5.61. The Hall–Kier alpha value is -1.86. The lowest BCUT2D eigenvalue weighted by molar-refractivity contribution is 0.415. The van der Waals surface area contributed by atoms with E-state index in [1.807, 2.05) is 24.3 Å². The predicted molar refractivity (Wildman–Crippen MR) is 82.1 cm³/mol. The van der Waals surface area contributed by atoms with Gasteiger partial charge < -0.3 is 4.74 Å². The predicted octanol–water partition coefficient (Wildman–Crippen LogP) is 4.18. The van der Waals surface area contributed by atoms with Crippen LogP contribution < -0.4 is 4.74 Å². The maximum Gasteiger partial charge on any atom is 0.124 e. The molecule has 4 heteroatoms. The number of thiazole rings is 1. The van der Waals surface area contributed by atoms with Gasteiger partial charge in [-0.05, 0) is 12.1 Å². The van der Waals surface area contributed by atoms with Crippen molar-refractivity contribution in [3.8, 4) is 22.4 Å². The Morgan fingerprint density at radius 1 is 1.35 bits per heavy atom. The van der Waals surface area contributed by atoms with Crippen molar-refractivity contribution in [2.24, 2.45) is 0 Å². The van der Waals surface area contributed by atoms with E-state index < -0.39 is 0 Å². The average Bonchev–Trinajstić information content (AvgIpc) is 2.83. The molecule has 1 aromatic heterocycles. The number of methoxy groups -OCH3 is 1. The lowest BCUT2D eigenvalue weighted by Crippen LogP contribution is -2.13. The molecule has 0 fully saturated rings. The summed E-state index contributed by atoms with van der Waals surface area (Å²) in [7, 11) is 1.66. The van der Waals surface area contributed by atoms with E-state index in [1.54, 1.807) is 18.4 Å². The van der Waals surface area contributed by atoms with Gasteiger partial charge in [-0.2, -0.15) is 5.26 Å². The first-order chi connectivity index (χ1) is 9.45. The van der Waals surface area contributed by atoms with Crippen LogP contribution in [0.5, 0.6) is 5.75 Å². The van der Waals surface area contributed by atoms with E-state index in [1.165, 1.54) is 0 Å². The van der Waals surface area contributed by atoms with Crippen molar-refractivity contribution >= 4 is 11.3 Å². The zero-order valence-corrected chi connectivity index (χ0v) is 13.0. The molecule has 2 aromatic rings. The fourth-order valence-electron chi connectivity index (χ4n) is 2.01. The molecule has 0 saturated carbocycles. The number of hydrogen-bond donors (Lipinski definition) is 0. The molecule has 0 aliphatic heterocycles. The van der Waals surface area contributed by atoms with Crippen LogP contribution in [-0.4, -0.2) is 12.1 Å². The topological polar surface area (TPSA) is 45.9 Å². The molecule has 0 spiro atoms. The molecule has 2 rings (SSSR count). The maximum absolute atomic E-state index is 8.98. The third-order valence-electron chi connectivity index (χ3n) is 2.96. The molecule has 0 radical (unpaired) electrons. The van der Waals surface area contributed by atoms with Gasteiger partial charge in [-0.25, -0.2) is 4.98 Å². The van der Waals surface area contributed by atoms with Gasteiger partial charge in [-0.15, -0.1) is 11.3 Å². The van der Waals surface area contributed by atoms with Crippen molar-refractivity contribution in [2.45, 2.75) is 32.6 Å². The Bertz CT molecular complexity index is 647. The molecule has 0 aliphatic rings. The normalized spacial score (nSPS) is 11.2. The zero-order valence-electron chi connectivity index (χ0n) is 12.2. The lowest BCUT2D eigenvalue weighted by Gasteiger charge is -2.16. The SMILES string of the molecule is COc1cccc(-c2nc(C(C)(C)C)c(CC#N)s2)c1. The second-order valence-corrected chi connectivity index (χ2v) is 6.69. The molecule has 0 N–H and O–H groups in total. The largest absolute Gasteiger partial charge is 0.497 e. The van der Waals surface area contributed by atoms with Crippen molar-refractivity contribution in [3.63, 3.8) is 0 Å². The summed E-state index contributed by atoms with van der Waals surface area (Å²) in [4.78, 5) is 5.81. The highest BCUT2D eigenvalue weighted by atomic mass is 32.1. The molecule has 0 atom stereocenters. The number of benzene rings is 1. The molecule has 1 aromatic carbocycles. The lowest BCUT2D eigenvalue weighted by atomic mass is 9.91. The van der Waals surface area contributed by atoms with Gasteiger partial charge in [0.15, 0.2) is 0 Å². The third kappa shape index (κ3) is 3.00. The van der Waals surface area contributed by atoms with E-state index >= 15 is 0 Å². The first kappa shape index (κ1) is 14.5. The number of aromatic nitrogens is 1. The van der Waals surface area contributed by atoms with Crippen molar-refractivity contribution < 1.29 is 4.74 Å². The maximum atomic E-state index is 8.98. The Kier molecular flexibility index (Phi) is 4.10. The Balaban J connectivity index is 2.50. The number of nitrogens with zero attached hydrogens (tertiary/aromatic N) is 2. The number of rotatable bonds is 3. The summed E-state index contributed by atoms with van der Waals surface area (Å²) in [6.07, 6.45) is 0.411. The van der Waals surface area contributed by atoms with E-state index in [4.69, 9.17) is 15.0 Å². The van der Waals surface area contributed by atoms with Gasteiger partial charge in [0.2, 0.25) is 0 Å². The highest BCUT2D eigenvalue weighted by Gasteiger charge is 2.23. The van der Waals surface area contributed by atoms with Gasteiger partial charge in [0.1, 0.15) is 10.8 Å². The monoisotopic (exact) mass is 286 g/mol. The molecule has 20 heavy (non-hydrogen) atoms. The van der Waals surface area contributed by atoms with Crippen molar-refractivity contribution in [2.75, 3.05) is 7.11 Å². The molecule has 0 saturated heterocycles. The van der Waals surface area contributed by atoms with Crippen molar-refractivity contribution in [3.05, 3.63) is 34.8 Å². The van der Waals surface area contributed by atoms with Gasteiger partial charge in [-0.1, -0.05) is 32.9 Å². The molecular formula is C16H18N2OS. The van der Waals surface area contributed by atoms with Crippen LogP contribution in [0.25, 0.3) is 10.6 Å².